The Morgan fingerprint density at radius 2 is 2.23 bits per heavy atom. The van der Waals surface area contributed by atoms with Gasteiger partial charge in [0.25, 0.3) is 0 Å². The second-order valence-corrected chi connectivity index (χ2v) is 4.54. The Balaban J connectivity index is 2.67. The van der Waals surface area contributed by atoms with Gasteiger partial charge in [-0.05, 0) is 37.5 Å². The number of rotatable bonds is 3. The monoisotopic (exact) mass is 261 g/mol. The minimum absolute atomic E-state index is 0.252. The molecule has 0 bridgehead atoms. The fourth-order valence-corrected chi connectivity index (χ4v) is 1.99. The van der Waals surface area contributed by atoms with E-state index in [4.69, 9.17) is 17.3 Å². The highest BCUT2D eigenvalue weighted by molar-refractivity contribution is 9.10. The van der Waals surface area contributed by atoms with Gasteiger partial charge in [-0.15, -0.1) is 0 Å². The van der Waals surface area contributed by atoms with E-state index in [1.807, 2.05) is 25.1 Å². The molecule has 3 heteroatoms. The first-order chi connectivity index (χ1) is 6.09. The number of halogens is 2. The van der Waals surface area contributed by atoms with Crippen molar-refractivity contribution in [3.8, 4) is 0 Å². The molecule has 1 nitrogen and oxygen atoms in total. The Morgan fingerprint density at radius 1 is 1.54 bits per heavy atom. The number of benzene rings is 1. The zero-order chi connectivity index (χ0) is 9.84. The Kier molecular flexibility index (Phi) is 4.23. The summed E-state index contributed by atoms with van der Waals surface area (Å²) in [6, 6.07) is 6.11. The molecule has 13 heavy (non-hydrogen) atoms. The number of hydrogen-bond donors (Lipinski definition) is 1. The lowest BCUT2D eigenvalue weighted by Crippen LogP contribution is -2.15. The Morgan fingerprint density at radius 3 is 2.77 bits per heavy atom. The molecular weight excluding hydrogens is 249 g/mol. The molecule has 1 aromatic rings. The van der Waals surface area contributed by atoms with Gasteiger partial charge in [0.1, 0.15) is 0 Å². The van der Waals surface area contributed by atoms with Crippen LogP contribution in [0, 0.1) is 0 Å². The standard InChI is InChI=1S/C10H13BrClN/c1-7(13)2-3-8-4-5-9(12)6-10(8)11/h4-7H,2-3,13H2,1H3. The van der Waals surface area contributed by atoms with Crippen molar-refractivity contribution in [3.63, 3.8) is 0 Å². The van der Waals surface area contributed by atoms with E-state index in [1.54, 1.807) is 0 Å². The molecule has 72 valence electrons. The molecule has 1 rings (SSSR count). The summed E-state index contributed by atoms with van der Waals surface area (Å²) < 4.78 is 1.07. The van der Waals surface area contributed by atoms with Gasteiger partial charge in [0.2, 0.25) is 0 Å². The van der Waals surface area contributed by atoms with Crippen LogP contribution >= 0.6 is 27.5 Å². The third-order valence-electron chi connectivity index (χ3n) is 1.88. The van der Waals surface area contributed by atoms with Gasteiger partial charge in [0, 0.05) is 15.5 Å². The van der Waals surface area contributed by atoms with E-state index in [0.717, 1.165) is 22.3 Å². The zero-order valence-corrected chi connectivity index (χ0v) is 9.90. The summed E-state index contributed by atoms with van der Waals surface area (Å²) >= 11 is 9.30. The van der Waals surface area contributed by atoms with E-state index in [2.05, 4.69) is 15.9 Å². The van der Waals surface area contributed by atoms with Crippen LogP contribution in [0.25, 0.3) is 0 Å². The van der Waals surface area contributed by atoms with Gasteiger partial charge in [0.15, 0.2) is 0 Å². The van der Waals surface area contributed by atoms with Gasteiger partial charge in [-0.25, -0.2) is 0 Å². The minimum atomic E-state index is 0.252. The summed E-state index contributed by atoms with van der Waals surface area (Å²) in [4.78, 5) is 0. The average Bonchev–Trinajstić information content (AvgIpc) is 2.02. The van der Waals surface area contributed by atoms with E-state index in [0.29, 0.717) is 0 Å². The van der Waals surface area contributed by atoms with Gasteiger partial charge in [-0.2, -0.15) is 0 Å². The first kappa shape index (κ1) is 11.0. The SMILES string of the molecule is CC(N)CCc1ccc(Cl)cc1Br. The third kappa shape index (κ3) is 3.67. The van der Waals surface area contributed by atoms with E-state index < -0.39 is 0 Å². The molecule has 1 unspecified atom stereocenters. The lowest BCUT2D eigenvalue weighted by atomic mass is 10.1. The Labute approximate surface area is 92.4 Å². The van der Waals surface area contributed by atoms with Crippen molar-refractivity contribution in [2.24, 2.45) is 5.73 Å². The lowest BCUT2D eigenvalue weighted by molar-refractivity contribution is 0.665. The molecule has 0 saturated heterocycles. The molecule has 0 aromatic heterocycles. The van der Waals surface area contributed by atoms with Crippen LogP contribution in [0.4, 0.5) is 0 Å². The smallest absolute Gasteiger partial charge is 0.0417 e. The summed E-state index contributed by atoms with van der Waals surface area (Å²) in [7, 11) is 0. The number of nitrogens with two attached hydrogens (primary N) is 1. The van der Waals surface area contributed by atoms with Crippen LogP contribution in [0.5, 0.6) is 0 Å². The van der Waals surface area contributed by atoms with Crippen LogP contribution in [0.3, 0.4) is 0 Å². The molecule has 0 heterocycles. The van der Waals surface area contributed by atoms with Crippen LogP contribution in [0.2, 0.25) is 5.02 Å². The average molecular weight is 263 g/mol. The highest BCUT2D eigenvalue weighted by atomic mass is 79.9. The predicted octanol–water partition coefficient (Wildman–Crippen LogP) is 3.38. The number of hydrogen-bond acceptors (Lipinski definition) is 1. The number of aryl methyl sites for hydroxylation is 1. The van der Waals surface area contributed by atoms with Gasteiger partial charge >= 0.3 is 0 Å². The maximum absolute atomic E-state index is 5.82. The largest absolute Gasteiger partial charge is 0.328 e. The second kappa shape index (κ2) is 4.99. The fraction of sp³-hybridized carbons (Fsp3) is 0.400. The molecular formula is C10H13BrClN. The van der Waals surface area contributed by atoms with Crippen molar-refractivity contribution in [2.45, 2.75) is 25.8 Å². The van der Waals surface area contributed by atoms with Crippen molar-refractivity contribution in [3.05, 3.63) is 33.3 Å². The molecule has 2 N–H and O–H groups in total. The quantitative estimate of drug-likeness (QED) is 0.888. The molecule has 0 spiro atoms. The molecule has 0 aliphatic heterocycles. The summed E-state index contributed by atoms with van der Waals surface area (Å²) in [5, 5.41) is 0.761. The first-order valence-electron chi connectivity index (χ1n) is 4.29. The Bertz CT molecular complexity index is 286. The highest BCUT2D eigenvalue weighted by Crippen LogP contribution is 2.22. The summed E-state index contributed by atoms with van der Waals surface area (Å²) in [5.41, 5.74) is 6.94. The van der Waals surface area contributed by atoms with Crippen LogP contribution in [0.15, 0.2) is 22.7 Å². The Hall–Kier alpha value is -0.0500. The van der Waals surface area contributed by atoms with Gasteiger partial charge in [-0.3, -0.25) is 0 Å². The summed E-state index contributed by atoms with van der Waals surface area (Å²) in [6.45, 7) is 2.02. The van der Waals surface area contributed by atoms with Crippen LogP contribution in [-0.4, -0.2) is 6.04 Å². The van der Waals surface area contributed by atoms with Crippen LogP contribution < -0.4 is 5.73 Å². The minimum Gasteiger partial charge on any atom is -0.328 e. The van der Waals surface area contributed by atoms with Crippen molar-refractivity contribution in [1.82, 2.24) is 0 Å². The van der Waals surface area contributed by atoms with Crippen molar-refractivity contribution >= 4 is 27.5 Å². The van der Waals surface area contributed by atoms with Crippen molar-refractivity contribution in [1.29, 1.82) is 0 Å². The zero-order valence-electron chi connectivity index (χ0n) is 7.56. The molecule has 0 saturated carbocycles. The highest BCUT2D eigenvalue weighted by Gasteiger charge is 2.02. The van der Waals surface area contributed by atoms with E-state index in [9.17, 15) is 0 Å². The van der Waals surface area contributed by atoms with Gasteiger partial charge in [0.05, 0.1) is 0 Å². The van der Waals surface area contributed by atoms with E-state index >= 15 is 0 Å². The summed E-state index contributed by atoms with van der Waals surface area (Å²) in [5.74, 6) is 0. The fourth-order valence-electron chi connectivity index (χ4n) is 1.11. The van der Waals surface area contributed by atoms with Crippen molar-refractivity contribution in [2.75, 3.05) is 0 Å². The predicted molar refractivity (Wildman–Crippen MR) is 61.1 cm³/mol. The molecule has 0 radical (unpaired) electrons. The maximum Gasteiger partial charge on any atom is 0.0417 e. The normalized spacial score (nSPS) is 12.9. The molecule has 1 atom stereocenters. The second-order valence-electron chi connectivity index (χ2n) is 3.25. The van der Waals surface area contributed by atoms with Crippen LogP contribution in [0.1, 0.15) is 18.9 Å². The maximum atomic E-state index is 5.82. The third-order valence-corrected chi connectivity index (χ3v) is 2.86. The van der Waals surface area contributed by atoms with E-state index in [-0.39, 0.29) is 6.04 Å². The molecule has 0 fully saturated rings. The van der Waals surface area contributed by atoms with Crippen LogP contribution in [-0.2, 0) is 6.42 Å². The van der Waals surface area contributed by atoms with Gasteiger partial charge < -0.3 is 5.73 Å². The molecule has 0 amide bonds. The topological polar surface area (TPSA) is 26.0 Å². The lowest BCUT2D eigenvalue weighted by Gasteiger charge is -2.06. The molecule has 1 aromatic carbocycles. The van der Waals surface area contributed by atoms with Gasteiger partial charge in [-0.1, -0.05) is 33.6 Å². The molecule has 0 aliphatic rings. The van der Waals surface area contributed by atoms with Crippen molar-refractivity contribution < 1.29 is 0 Å². The first-order valence-corrected chi connectivity index (χ1v) is 5.46. The van der Waals surface area contributed by atoms with E-state index in [1.165, 1.54) is 5.56 Å². The molecule has 0 aliphatic carbocycles. The summed E-state index contributed by atoms with van der Waals surface area (Å²) in [6.07, 6.45) is 2.00.